The molecule has 17 heavy (non-hydrogen) atoms. The fraction of sp³-hybridized carbons (Fsp3) is 0.0833. The Bertz CT molecular complexity index is 552. The van der Waals surface area contributed by atoms with Crippen LogP contribution in [-0.2, 0) is 0 Å². The number of nitrogens with zero attached hydrogens (tertiary/aromatic N) is 3. The van der Waals surface area contributed by atoms with E-state index in [9.17, 15) is 0 Å². The highest BCUT2D eigenvalue weighted by Crippen LogP contribution is 2.16. The normalized spacial score (nSPS) is 9.71. The molecule has 0 aliphatic carbocycles. The van der Waals surface area contributed by atoms with Gasteiger partial charge in [-0.15, -0.1) is 0 Å². The molecule has 1 aromatic heterocycles. The molecule has 1 aromatic carbocycles. The fourth-order valence-corrected chi connectivity index (χ4v) is 1.58. The molecule has 0 amide bonds. The summed E-state index contributed by atoms with van der Waals surface area (Å²) in [5.41, 5.74) is 2.21. The molecule has 0 saturated carbocycles. The van der Waals surface area contributed by atoms with E-state index in [-0.39, 0.29) is 0 Å². The van der Waals surface area contributed by atoms with Gasteiger partial charge in [-0.2, -0.15) is 5.26 Å². The van der Waals surface area contributed by atoms with Gasteiger partial charge in [0.15, 0.2) is 0 Å². The zero-order chi connectivity index (χ0) is 12.3. The first-order valence-corrected chi connectivity index (χ1v) is 5.33. The number of nitriles is 1. The number of hydrogen-bond acceptors (Lipinski definition) is 4. The van der Waals surface area contributed by atoms with Crippen molar-refractivity contribution in [1.29, 1.82) is 5.26 Å². The maximum Gasteiger partial charge on any atom is 0.228 e. The number of nitrogens with one attached hydrogen (secondary N) is 1. The molecule has 84 valence electrons. The molecule has 0 spiro atoms. The first-order valence-electron chi connectivity index (χ1n) is 4.96. The Morgan fingerprint density at radius 3 is 2.53 bits per heavy atom. The topological polar surface area (TPSA) is 61.6 Å². The lowest BCUT2D eigenvalue weighted by Crippen LogP contribution is -1.98. The Hall–Kier alpha value is -2.12. The fourth-order valence-electron chi connectivity index (χ4n) is 1.34. The third-order valence-corrected chi connectivity index (χ3v) is 2.29. The van der Waals surface area contributed by atoms with Crippen molar-refractivity contribution in [2.45, 2.75) is 6.92 Å². The monoisotopic (exact) mass is 244 g/mol. The van der Waals surface area contributed by atoms with Crippen LogP contribution in [0.5, 0.6) is 0 Å². The van der Waals surface area contributed by atoms with Crippen molar-refractivity contribution in [1.82, 2.24) is 9.97 Å². The Labute approximate surface area is 104 Å². The Balaban J connectivity index is 2.22. The summed E-state index contributed by atoms with van der Waals surface area (Å²) < 4.78 is 0. The molecule has 4 nitrogen and oxygen atoms in total. The smallest absolute Gasteiger partial charge is 0.228 e. The van der Waals surface area contributed by atoms with E-state index in [4.69, 9.17) is 16.9 Å². The molecule has 0 atom stereocenters. The SMILES string of the molecule is Cc1cc(Cl)nc(Nc2ccc(C#N)cc2)n1. The van der Waals surface area contributed by atoms with Crippen LogP contribution in [0, 0.1) is 18.3 Å². The summed E-state index contributed by atoms with van der Waals surface area (Å²) in [4.78, 5) is 8.25. The van der Waals surface area contributed by atoms with Gasteiger partial charge in [-0.3, -0.25) is 0 Å². The lowest BCUT2D eigenvalue weighted by molar-refractivity contribution is 1.11. The quantitative estimate of drug-likeness (QED) is 0.825. The molecule has 0 aliphatic heterocycles. The lowest BCUT2D eigenvalue weighted by atomic mass is 10.2. The highest BCUT2D eigenvalue weighted by atomic mass is 35.5. The van der Waals surface area contributed by atoms with Gasteiger partial charge in [0, 0.05) is 11.4 Å². The molecule has 1 N–H and O–H groups in total. The van der Waals surface area contributed by atoms with Gasteiger partial charge in [0.25, 0.3) is 0 Å². The minimum Gasteiger partial charge on any atom is -0.324 e. The van der Waals surface area contributed by atoms with Crippen molar-refractivity contribution in [2.75, 3.05) is 5.32 Å². The number of benzene rings is 1. The molecule has 0 saturated heterocycles. The van der Waals surface area contributed by atoms with Crippen LogP contribution >= 0.6 is 11.6 Å². The standard InChI is InChI=1S/C12H9ClN4/c1-8-6-11(13)17-12(15-8)16-10-4-2-9(7-14)3-5-10/h2-6H,1H3,(H,15,16,17). The summed E-state index contributed by atoms with van der Waals surface area (Å²) in [5.74, 6) is 0.444. The van der Waals surface area contributed by atoms with Crippen molar-refractivity contribution in [2.24, 2.45) is 0 Å². The van der Waals surface area contributed by atoms with Crippen molar-refractivity contribution in [3.8, 4) is 6.07 Å². The van der Waals surface area contributed by atoms with Crippen molar-refractivity contribution >= 4 is 23.2 Å². The summed E-state index contributed by atoms with van der Waals surface area (Å²) in [7, 11) is 0. The van der Waals surface area contributed by atoms with Gasteiger partial charge >= 0.3 is 0 Å². The third kappa shape index (κ3) is 2.92. The second kappa shape index (κ2) is 4.81. The summed E-state index contributed by atoms with van der Waals surface area (Å²) in [6, 6.07) is 10.8. The predicted molar refractivity (Wildman–Crippen MR) is 66.2 cm³/mol. The van der Waals surface area contributed by atoms with Gasteiger partial charge < -0.3 is 5.32 Å². The first kappa shape index (κ1) is 11.4. The van der Waals surface area contributed by atoms with E-state index < -0.39 is 0 Å². The molecule has 0 bridgehead atoms. The molecule has 2 aromatic rings. The number of rotatable bonds is 2. The van der Waals surface area contributed by atoms with Gasteiger partial charge in [0.1, 0.15) is 5.15 Å². The van der Waals surface area contributed by atoms with Gasteiger partial charge in [-0.05, 0) is 37.3 Å². The largest absolute Gasteiger partial charge is 0.324 e. The second-order valence-corrected chi connectivity index (χ2v) is 3.86. The summed E-state index contributed by atoms with van der Waals surface area (Å²) in [6.07, 6.45) is 0. The Morgan fingerprint density at radius 2 is 1.94 bits per heavy atom. The van der Waals surface area contributed by atoms with Crippen LogP contribution in [0.3, 0.4) is 0 Å². The average molecular weight is 245 g/mol. The number of hydrogen-bond donors (Lipinski definition) is 1. The van der Waals surface area contributed by atoms with Crippen LogP contribution in [0.1, 0.15) is 11.3 Å². The molecule has 1 heterocycles. The predicted octanol–water partition coefficient (Wildman–Crippen LogP) is 3.05. The zero-order valence-electron chi connectivity index (χ0n) is 9.11. The Morgan fingerprint density at radius 1 is 1.24 bits per heavy atom. The molecule has 2 rings (SSSR count). The Kier molecular flexibility index (Phi) is 3.22. The second-order valence-electron chi connectivity index (χ2n) is 3.47. The van der Waals surface area contributed by atoms with Gasteiger partial charge in [0.05, 0.1) is 11.6 Å². The maximum absolute atomic E-state index is 8.68. The molecular weight excluding hydrogens is 236 g/mol. The van der Waals surface area contributed by atoms with E-state index in [2.05, 4.69) is 21.4 Å². The van der Waals surface area contributed by atoms with E-state index in [0.29, 0.717) is 16.7 Å². The lowest BCUT2D eigenvalue weighted by Gasteiger charge is -2.05. The molecule has 0 aliphatic rings. The van der Waals surface area contributed by atoms with Crippen LogP contribution in [0.15, 0.2) is 30.3 Å². The van der Waals surface area contributed by atoms with E-state index in [1.54, 1.807) is 30.3 Å². The van der Waals surface area contributed by atoms with E-state index >= 15 is 0 Å². The van der Waals surface area contributed by atoms with Crippen LogP contribution in [0.4, 0.5) is 11.6 Å². The molecule has 0 unspecified atom stereocenters. The molecule has 0 radical (unpaired) electrons. The number of aryl methyl sites for hydroxylation is 1. The van der Waals surface area contributed by atoms with E-state index in [1.165, 1.54) is 0 Å². The zero-order valence-corrected chi connectivity index (χ0v) is 9.86. The van der Waals surface area contributed by atoms with Gasteiger partial charge in [0.2, 0.25) is 5.95 Å². The number of halogens is 1. The first-order chi connectivity index (χ1) is 8.17. The summed E-state index contributed by atoms with van der Waals surface area (Å²) in [6.45, 7) is 1.84. The van der Waals surface area contributed by atoms with Crippen LogP contribution < -0.4 is 5.32 Å². The number of aromatic nitrogens is 2. The van der Waals surface area contributed by atoms with E-state index in [0.717, 1.165) is 11.4 Å². The third-order valence-electron chi connectivity index (χ3n) is 2.09. The minimum absolute atomic E-state index is 0.397. The average Bonchev–Trinajstić information content (AvgIpc) is 2.28. The van der Waals surface area contributed by atoms with Crippen molar-refractivity contribution < 1.29 is 0 Å². The van der Waals surface area contributed by atoms with Crippen LogP contribution in [-0.4, -0.2) is 9.97 Å². The van der Waals surface area contributed by atoms with Crippen LogP contribution in [0.25, 0.3) is 0 Å². The summed E-state index contributed by atoms with van der Waals surface area (Å²) in [5, 5.41) is 12.1. The van der Waals surface area contributed by atoms with E-state index in [1.807, 2.05) is 6.92 Å². The highest BCUT2D eigenvalue weighted by molar-refractivity contribution is 6.29. The van der Waals surface area contributed by atoms with Gasteiger partial charge in [-0.25, -0.2) is 9.97 Å². The minimum atomic E-state index is 0.397. The van der Waals surface area contributed by atoms with Crippen molar-refractivity contribution in [3.05, 3.63) is 46.7 Å². The van der Waals surface area contributed by atoms with Gasteiger partial charge in [-0.1, -0.05) is 11.6 Å². The van der Waals surface area contributed by atoms with Crippen LogP contribution in [0.2, 0.25) is 5.15 Å². The molecule has 5 heteroatoms. The van der Waals surface area contributed by atoms with Crippen molar-refractivity contribution in [3.63, 3.8) is 0 Å². The highest BCUT2D eigenvalue weighted by Gasteiger charge is 2.01. The maximum atomic E-state index is 8.68. The molecular formula is C12H9ClN4. The molecule has 0 fully saturated rings. The number of anilines is 2. The summed E-state index contributed by atoms with van der Waals surface area (Å²) >= 11 is 5.83.